The van der Waals surface area contributed by atoms with Gasteiger partial charge in [-0.3, -0.25) is 4.90 Å². The summed E-state index contributed by atoms with van der Waals surface area (Å²) in [5.74, 6) is -0.173. The number of rotatable bonds is 9. The van der Waals surface area contributed by atoms with Crippen molar-refractivity contribution < 1.29 is 4.39 Å². The Bertz CT molecular complexity index is 390. The van der Waals surface area contributed by atoms with Crippen LogP contribution in [0.4, 0.5) is 4.39 Å². The second-order valence-electron chi connectivity index (χ2n) is 5.16. The second kappa shape index (κ2) is 9.48. The molecule has 0 heterocycles. The van der Waals surface area contributed by atoms with E-state index in [1.165, 1.54) is 6.07 Å². The van der Waals surface area contributed by atoms with E-state index in [0.717, 1.165) is 43.2 Å². The standard InChI is InChI=1S/C16H26BrFN2/c1-3-5-9-20(10-6-4-2)16(12-19)14-8-7-13(17)11-15(14)18/h7-8,11,16H,3-6,9-10,12,19H2,1-2H3. The minimum Gasteiger partial charge on any atom is -0.329 e. The number of nitrogens with two attached hydrogens (primary N) is 1. The third kappa shape index (κ3) is 5.15. The van der Waals surface area contributed by atoms with E-state index in [-0.39, 0.29) is 11.9 Å². The fourth-order valence-electron chi connectivity index (χ4n) is 2.39. The lowest BCUT2D eigenvalue weighted by atomic mass is 10.0. The maximum atomic E-state index is 14.2. The Hall–Kier alpha value is -0.450. The summed E-state index contributed by atoms with van der Waals surface area (Å²) in [5, 5.41) is 0. The molecule has 0 aliphatic heterocycles. The Morgan fingerprint density at radius 3 is 2.25 bits per heavy atom. The zero-order valence-electron chi connectivity index (χ0n) is 12.5. The van der Waals surface area contributed by atoms with Crippen LogP contribution in [0, 0.1) is 5.82 Å². The van der Waals surface area contributed by atoms with Crippen LogP contribution in [0.15, 0.2) is 22.7 Å². The van der Waals surface area contributed by atoms with Crippen molar-refractivity contribution >= 4 is 15.9 Å². The summed E-state index contributed by atoms with van der Waals surface area (Å²) in [6.45, 7) is 6.76. The van der Waals surface area contributed by atoms with Crippen molar-refractivity contribution in [3.63, 3.8) is 0 Å². The van der Waals surface area contributed by atoms with E-state index in [0.29, 0.717) is 12.1 Å². The highest BCUT2D eigenvalue weighted by Gasteiger charge is 2.21. The predicted octanol–water partition coefficient (Wildman–Crippen LogP) is 4.49. The van der Waals surface area contributed by atoms with Crippen molar-refractivity contribution in [1.29, 1.82) is 0 Å². The average Bonchev–Trinajstić information content (AvgIpc) is 2.43. The smallest absolute Gasteiger partial charge is 0.129 e. The molecule has 4 heteroatoms. The monoisotopic (exact) mass is 344 g/mol. The molecule has 0 spiro atoms. The van der Waals surface area contributed by atoms with Crippen LogP contribution in [0.25, 0.3) is 0 Å². The van der Waals surface area contributed by atoms with Gasteiger partial charge in [0.1, 0.15) is 5.82 Å². The van der Waals surface area contributed by atoms with Crippen LogP contribution < -0.4 is 5.73 Å². The summed E-state index contributed by atoms with van der Waals surface area (Å²) in [4.78, 5) is 2.33. The van der Waals surface area contributed by atoms with Gasteiger partial charge in [0.15, 0.2) is 0 Å². The molecule has 2 N–H and O–H groups in total. The first kappa shape index (κ1) is 17.6. The quantitative estimate of drug-likeness (QED) is 0.714. The predicted molar refractivity (Wildman–Crippen MR) is 87.3 cm³/mol. The Morgan fingerprint density at radius 2 is 1.80 bits per heavy atom. The van der Waals surface area contributed by atoms with Crippen LogP contribution in [0.5, 0.6) is 0 Å². The van der Waals surface area contributed by atoms with Gasteiger partial charge >= 0.3 is 0 Å². The van der Waals surface area contributed by atoms with Gasteiger partial charge in [-0.05, 0) is 38.1 Å². The highest BCUT2D eigenvalue weighted by molar-refractivity contribution is 9.10. The molecule has 0 bridgehead atoms. The fourth-order valence-corrected chi connectivity index (χ4v) is 2.72. The molecule has 0 aliphatic rings. The number of halogens is 2. The summed E-state index contributed by atoms with van der Waals surface area (Å²) in [7, 11) is 0. The van der Waals surface area contributed by atoms with Gasteiger partial charge in [0, 0.05) is 22.6 Å². The molecule has 0 aliphatic carbocycles. The molecule has 20 heavy (non-hydrogen) atoms. The first-order valence-corrected chi connectivity index (χ1v) is 8.32. The lowest BCUT2D eigenvalue weighted by molar-refractivity contribution is 0.192. The number of hydrogen-bond acceptors (Lipinski definition) is 2. The van der Waals surface area contributed by atoms with E-state index in [2.05, 4.69) is 34.7 Å². The van der Waals surface area contributed by atoms with Gasteiger partial charge in [-0.15, -0.1) is 0 Å². The zero-order chi connectivity index (χ0) is 15.0. The minimum absolute atomic E-state index is 0.0267. The molecule has 0 saturated heterocycles. The summed E-state index contributed by atoms with van der Waals surface area (Å²) in [6, 6.07) is 5.23. The maximum Gasteiger partial charge on any atom is 0.129 e. The number of hydrogen-bond donors (Lipinski definition) is 1. The number of unbranched alkanes of at least 4 members (excludes halogenated alkanes) is 2. The van der Waals surface area contributed by atoms with Gasteiger partial charge < -0.3 is 5.73 Å². The van der Waals surface area contributed by atoms with Crippen molar-refractivity contribution in [1.82, 2.24) is 4.90 Å². The third-order valence-electron chi connectivity index (χ3n) is 3.58. The number of benzene rings is 1. The molecule has 1 aromatic rings. The Labute approximate surface area is 130 Å². The molecule has 1 unspecified atom stereocenters. The van der Waals surface area contributed by atoms with Gasteiger partial charge in [0.05, 0.1) is 0 Å². The molecule has 0 radical (unpaired) electrons. The summed E-state index contributed by atoms with van der Waals surface area (Å²) in [6.07, 6.45) is 4.53. The van der Waals surface area contributed by atoms with Gasteiger partial charge in [-0.2, -0.15) is 0 Å². The van der Waals surface area contributed by atoms with Crippen LogP contribution >= 0.6 is 15.9 Å². The molecule has 0 saturated carbocycles. The first-order valence-electron chi connectivity index (χ1n) is 7.53. The van der Waals surface area contributed by atoms with Crippen molar-refractivity contribution in [2.24, 2.45) is 5.73 Å². The van der Waals surface area contributed by atoms with Crippen LogP contribution in [-0.4, -0.2) is 24.5 Å². The van der Waals surface area contributed by atoms with Gasteiger partial charge in [-0.1, -0.05) is 48.7 Å². The molecule has 2 nitrogen and oxygen atoms in total. The zero-order valence-corrected chi connectivity index (χ0v) is 14.1. The molecule has 1 aromatic carbocycles. The van der Waals surface area contributed by atoms with Gasteiger partial charge in [0.2, 0.25) is 0 Å². The van der Waals surface area contributed by atoms with Gasteiger partial charge in [-0.25, -0.2) is 4.39 Å². The van der Waals surface area contributed by atoms with Crippen molar-refractivity contribution in [2.75, 3.05) is 19.6 Å². The Morgan fingerprint density at radius 1 is 1.20 bits per heavy atom. The molecule has 0 fully saturated rings. The van der Waals surface area contributed by atoms with Crippen LogP contribution in [0.2, 0.25) is 0 Å². The highest BCUT2D eigenvalue weighted by atomic mass is 79.9. The van der Waals surface area contributed by atoms with E-state index in [1.54, 1.807) is 0 Å². The largest absolute Gasteiger partial charge is 0.329 e. The van der Waals surface area contributed by atoms with E-state index < -0.39 is 0 Å². The molecule has 1 rings (SSSR count). The normalized spacial score (nSPS) is 12.9. The van der Waals surface area contributed by atoms with E-state index in [9.17, 15) is 4.39 Å². The van der Waals surface area contributed by atoms with E-state index in [1.807, 2.05) is 12.1 Å². The first-order chi connectivity index (χ1) is 9.63. The van der Waals surface area contributed by atoms with E-state index in [4.69, 9.17) is 5.73 Å². The Kier molecular flexibility index (Phi) is 8.34. The molecule has 0 amide bonds. The van der Waals surface area contributed by atoms with Crippen molar-refractivity contribution in [3.8, 4) is 0 Å². The molecular weight excluding hydrogens is 319 g/mol. The molecular formula is C16H26BrFN2. The topological polar surface area (TPSA) is 29.3 Å². The lowest BCUT2D eigenvalue weighted by Crippen LogP contribution is -2.36. The average molecular weight is 345 g/mol. The third-order valence-corrected chi connectivity index (χ3v) is 4.08. The lowest BCUT2D eigenvalue weighted by Gasteiger charge is -2.31. The van der Waals surface area contributed by atoms with Crippen LogP contribution in [0.3, 0.4) is 0 Å². The molecule has 0 aromatic heterocycles. The van der Waals surface area contributed by atoms with Crippen LogP contribution in [-0.2, 0) is 0 Å². The van der Waals surface area contributed by atoms with E-state index >= 15 is 0 Å². The van der Waals surface area contributed by atoms with Crippen LogP contribution in [0.1, 0.15) is 51.1 Å². The van der Waals surface area contributed by atoms with Crippen molar-refractivity contribution in [2.45, 2.75) is 45.6 Å². The molecule has 1 atom stereocenters. The van der Waals surface area contributed by atoms with Crippen molar-refractivity contribution in [3.05, 3.63) is 34.1 Å². The summed E-state index contributed by atoms with van der Waals surface area (Å²) < 4.78 is 14.9. The summed E-state index contributed by atoms with van der Waals surface area (Å²) in [5.41, 5.74) is 6.65. The Balaban J connectivity index is 2.92. The van der Waals surface area contributed by atoms with Gasteiger partial charge in [0.25, 0.3) is 0 Å². The summed E-state index contributed by atoms with van der Waals surface area (Å²) >= 11 is 3.30. The minimum atomic E-state index is -0.173. The maximum absolute atomic E-state index is 14.2. The fraction of sp³-hybridized carbons (Fsp3) is 0.625. The SMILES string of the molecule is CCCCN(CCCC)C(CN)c1ccc(Br)cc1F. The second-order valence-corrected chi connectivity index (χ2v) is 6.08. The number of nitrogens with zero attached hydrogens (tertiary/aromatic N) is 1. The highest BCUT2D eigenvalue weighted by Crippen LogP contribution is 2.26. The molecule has 114 valence electrons.